The van der Waals surface area contributed by atoms with Crippen molar-refractivity contribution >= 4 is 17.8 Å². The van der Waals surface area contributed by atoms with E-state index in [1.54, 1.807) is 17.2 Å². The third-order valence-corrected chi connectivity index (χ3v) is 6.63. The SMILES string of the molecule is O=C(C1CCCN(c2cc(-n3cccn3)ncn2)C1)N1CCN(C/C=C/c2ccccc2)CC1. The molecule has 0 spiro atoms. The maximum Gasteiger partial charge on any atom is 0.227 e. The van der Waals surface area contributed by atoms with Gasteiger partial charge in [-0.25, -0.2) is 14.6 Å². The van der Waals surface area contributed by atoms with Crippen molar-refractivity contribution in [3.05, 3.63) is 72.8 Å². The molecular formula is C26H31N7O. The number of amides is 1. The van der Waals surface area contributed by atoms with Crippen LogP contribution in [0.3, 0.4) is 0 Å². The van der Waals surface area contributed by atoms with Crippen molar-refractivity contribution in [2.24, 2.45) is 5.92 Å². The standard InChI is InChI=1S/C26H31N7O/c34-26(31-17-15-30(16-18-31)12-4-9-22-7-2-1-3-8-22)23-10-5-13-32(20-23)24-19-25(28-21-27-24)33-14-6-11-29-33/h1-4,6-9,11,14,19,21,23H,5,10,12-13,15-18,20H2/b9-4+. The first-order valence-corrected chi connectivity index (χ1v) is 12.1. The van der Waals surface area contributed by atoms with Gasteiger partial charge in [-0.3, -0.25) is 9.69 Å². The summed E-state index contributed by atoms with van der Waals surface area (Å²) in [6, 6.07) is 14.2. The Morgan fingerprint density at radius 2 is 1.82 bits per heavy atom. The highest BCUT2D eigenvalue weighted by Gasteiger charge is 2.31. The summed E-state index contributed by atoms with van der Waals surface area (Å²) in [7, 11) is 0. The first-order valence-electron chi connectivity index (χ1n) is 12.1. The van der Waals surface area contributed by atoms with Crippen molar-refractivity contribution in [2.75, 3.05) is 50.7 Å². The molecule has 176 valence electrons. The molecule has 1 aromatic carbocycles. The van der Waals surface area contributed by atoms with Gasteiger partial charge in [0.05, 0.1) is 5.92 Å². The van der Waals surface area contributed by atoms with Gasteiger partial charge in [-0.1, -0.05) is 42.5 Å². The Labute approximate surface area is 200 Å². The molecular weight excluding hydrogens is 426 g/mol. The van der Waals surface area contributed by atoms with Gasteiger partial charge < -0.3 is 9.80 Å². The molecule has 1 amide bonds. The Kier molecular flexibility index (Phi) is 6.95. The lowest BCUT2D eigenvalue weighted by atomic mass is 9.96. The predicted octanol–water partition coefficient (Wildman–Crippen LogP) is 2.74. The molecule has 3 aromatic rings. The second-order valence-corrected chi connectivity index (χ2v) is 8.91. The van der Waals surface area contributed by atoms with E-state index in [0.717, 1.165) is 63.7 Å². The molecule has 2 aliphatic rings. The fourth-order valence-electron chi connectivity index (χ4n) is 4.74. The van der Waals surface area contributed by atoms with Crippen molar-refractivity contribution in [1.29, 1.82) is 0 Å². The van der Waals surface area contributed by atoms with Crippen molar-refractivity contribution in [3.8, 4) is 5.82 Å². The van der Waals surface area contributed by atoms with Gasteiger partial charge in [0, 0.05) is 64.3 Å². The van der Waals surface area contributed by atoms with E-state index in [-0.39, 0.29) is 11.8 Å². The molecule has 4 heterocycles. The number of hydrogen-bond donors (Lipinski definition) is 0. The van der Waals surface area contributed by atoms with Crippen LogP contribution in [0.1, 0.15) is 18.4 Å². The number of nitrogens with zero attached hydrogens (tertiary/aromatic N) is 7. The summed E-state index contributed by atoms with van der Waals surface area (Å²) in [5.41, 5.74) is 1.22. The maximum atomic E-state index is 13.3. The number of carbonyl (C=O) groups is 1. The lowest BCUT2D eigenvalue weighted by Crippen LogP contribution is -2.52. The molecule has 0 saturated carbocycles. The van der Waals surface area contributed by atoms with Crippen LogP contribution >= 0.6 is 0 Å². The molecule has 0 N–H and O–H groups in total. The van der Waals surface area contributed by atoms with E-state index in [9.17, 15) is 4.79 Å². The van der Waals surface area contributed by atoms with Gasteiger partial charge in [0.1, 0.15) is 12.1 Å². The first-order chi connectivity index (χ1) is 16.8. The number of rotatable bonds is 6. The van der Waals surface area contributed by atoms with E-state index in [1.807, 2.05) is 24.4 Å². The predicted molar refractivity (Wildman–Crippen MR) is 133 cm³/mol. The first kappa shape index (κ1) is 22.3. The van der Waals surface area contributed by atoms with Crippen LogP contribution < -0.4 is 4.90 Å². The van der Waals surface area contributed by atoms with Gasteiger partial charge in [0.2, 0.25) is 5.91 Å². The van der Waals surface area contributed by atoms with Gasteiger partial charge >= 0.3 is 0 Å². The Balaban J connectivity index is 1.14. The minimum Gasteiger partial charge on any atom is -0.356 e. The normalized spacial score (nSPS) is 19.6. The Morgan fingerprint density at radius 3 is 2.62 bits per heavy atom. The van der Waals surface area contributed by atoms with Crippen molar-refractivity contribution < 1.29 is 4.79 Å². The molecule has 0 radical (unpaired) electrons. The molecule has 8 heteroatoms. The van der Waals surface area contributed by atoms with Gasteiger partial charge in [-0.15, -0.1) is 0 Å². The molecule has 34 heavy (non-hydrogen) atoms. The van der Waals surface area contributed by atoms with Crippen molar-refractivity contribution in [1.82, 2.24) is 29.5 Å². The highest BCUT2D eigenvalue weighted by atomic mass is 16.2. The number of piperazine rings is 1. The minimum absolute atomic E-state index is 0.0152. The third-order valence-electron chi connectivity index (χ3n) is 6.63. The number of anilines is 1. The highest BCUT2D eigenvalue weighted by molar-refractivity contribution is 5.80. The van der Waals surface area contributed by atoms with Crippen molar-refractivity contribution in [3.63, 3.8) is 0 Å². The van der Waals surface area contributed by atoms with E-state index in [0.29, 0.717) is 6.54 Å². The summed E-state index contributed by atoms with van der Waals surface area (Å²) in [5.74, 6) is 1.89. The average molecular weight is 458 g/mol. The molecule has 2 aromatic heterocycles. The Hall–Kier alpha value is -3.52. The summed E-state index contributed by atoms with van der Waals surface area (Å²) < 4.78 is 1.73. The molecule has 2 saturated heterocycles. The van der Waals surface area contributed by atoms with Gasteiger partial charge in [0.15, 0.2) is 5.82 Å². The summed E-state index contributed by atoms with van der Waals surface area (Å²) in [4.78, 5) is 28.8. The van der Waals surface area contributed by atoms with Crippen LogP contribution in [0.4, 0.5) is 5.82 Å². The van der Waals surface area contributed by atoms with E-state index < -0.39 is 0 Å². The zero-order valence-electron chi connectivity index (χ0n) is 19.4. The number of piperidine rings is 1. The fraction of sp³-hybridized carbons (Fsp3) is 0.385. The molecule has 1 atom stereocenters. The van der Waals surface area contributed by atoms with Crippen LogP contribution in [0, 0.1) is 5.92 Å². The quantitative estimate of drug-likeness (QED) is 0.567. The number of carbonyl (C=O) groups excluding carboxylic acids is 1. The largest absolute Gasteiger partial charge is 0.356 e. The number of hydrogen-bond acceptors (Lipinski definition) is 6. The van der Waals surface area contributed by atoms with Crippen LogP contribution in [-0.2, 0) is 4.79 Å². The molecule has 0 aliphatic carbocycles. The van der Waals surface area contributed by atoms with Gasteiger partial charge in [0.25, 0.3) is 0 Å². The summed E-state index contributed by atoms with van der Waals surface area (Å²) in [5, 5.41) is 4.26. The lowest BCUT2D eigenvalue weighted by molar-refractivity contribution is -0.137. The minimum atomic E-state index is 0.0152. The third kappa shape index (κ3) is 5.34. The second kappa shape index (κ2) is 10.6. The topological polar surface area (TPSA) is 70.4 Å². The van der Waals surface area contributed by atoms with Crippen LogP contribution in [0.25, 0.3) is 11.9 Å². The monoisotopic (exact) mass is 457 g/mol. The molecule has 2 aliphatic heterocycles. The molecule has 0 bridgehead atoms. The number of benzene rings is 1. The van der Waals surface area contributed by atoms with Crippen LogP contribution in [0.5, 0.6) is 0 Å². The Morgan fingerprint density at radius 1 is 1.00 bits per heavy atom. The summed E-state index contributed by atoms with van der Waals surface area (Å²) >= 11 is 0. The molecule has 2 fully saturated rings. The van der Waals surface area contributed by atoms with Crippen LogP contribution in [0.2, 0.25) is 0 Å². The highest BCUT2D eigenvalue weighted by Crippen LogP contribution is 2.24. The summed E-state index contributed by atoms with van der Waals surface area (Å²) in [6.45, 7) is 5.95. The maximum absolute atomic E-state index is 13.3. The van der Waals surface area contributed by atoms with Crippen molar-refractivity contribution in [2.45, 2.75) is 12.8 Å². The van der Waals surface area contributed by atoms with E-state index in [4.69, 9.17) is 0 Å². The van der Waals surface area contributed by atoms with Gasteiger partial charge in [-0.2, -0.15) is 5.10 Å². The lowest BCUT2D eigenvalue weighted by Gasteiger charge is -2.39. The molecule has 5 rings (SSSR count). The summed E-state index contributed by atoms with van der Waals surface area (Å²) in [6.07, 6.45) is 11.5. The van der Waals surface area contributed by atoms with Crippen LogP contribution in [0.15, 0.2) is 67.3 Å². The molecule has 8 nitrogen and oxygen atoms in total. The van der Waals surface area contributed by atoms with E-state index in [2.05, 4.69) is 66.2 Å². The zero-order chi connectivity index (χ0) is 23.2. The fourth-order valence-corrected chi connectivity index (χ4v) is 4.74. The van der Waals surface area contributed by atoms with E-state index >= 15 is 0 Å². The number of aromatic nitrogens is 4. The Bertz CT molecular complexity index is 1090. The average Bonchev–Trinajstić information content (AvgIpc) is 3.45. The zero-order valence-corrected chi connectivity index (χ0v) is 19.4. The molecule has 1 unspecified atom stereocenters. The smallest absolute Gasteiger partial charge is 0.227 e. The van der Waals surface area contributed by atoms with E-state index in [1.165, 1.54) is 5.56 Å². The van der Waals surface area contributed by atoms with Crippen LogP contribution in [-0.4, -0.2) is 81.3 Å². The van der Waals surface area contributed by atoms with Gasteiger partial charge in [-0.05, 0) is 24.5 Å². The second-order valence-electron chi connectivity index (χ2n) is 8.91.